The van der Waals surface area contributed by atoms with Crippen molar-refractivity contribution in [1.29, 1.82) is 0 Å². The van der Waals surface area contributed by atoms with Gasteiger partial charge in [0.05, 0.1) is 0 Å². The van der Waals surface area contributed by atoms with Crippen molar-refractivity contribution in [3.63, 3.8) is 0 Å². The van der Waals surface area contributed by atoms with Crippen LogP contribution in [0.1, 0.15) is 48.9 Å². The molecule has 3 heteroatoms. The molecule has 1 unspecified atom stereocenters. The van der Waals surface area contributed by atoms with Crippen LogP contribution in [-0.4, -0.2) is 23.1 Å². The molecule has 2 heterocycles. The number of aromatic nitrogens is 2. The number of nitrogens with zero attached hydrogens (tertiary/aromatic N) is 2. The highest BCUT2D eigenvalue weighted by Gasteiger charge is 2.26. The SMILES string of the molecule is c1nc(C2CC2)cc(C2CCCNC2)n1. The van der Waals surface area contributed by atoms with E-state index >= 15 is 0 Å². The lowest BCUT2D eigenvalue weighted by Gasteiger charge is -2.22. The van der Waals surface area contributed by atoms with E-state index in [1.54, 1.807) is 6.33 Å². The Kier molecular flexibility index (Phi) is 2.41. The van der Waals surface area contributed by atoms with Crippen LogP contribution < -0.4 is 5.32 Å². The maximum absolute atomic E-state index is 4.42. The Labute approximate surface area is 90.3 Å². The normalized spacial score (nSPS) is 26.5. The van der Waals surface area contributed by atoms with Crippen LogP contribution in [0, 0.1) is 0 Å². The smallest absolute Gasteiger partial charge is 0.115 e. The fourth-order valence-electron chi connectivity index (χ4n) is 2.32. The molecule has 2 fully saturated rings. The quantitative estimate of drug-likeness (QED) is 0.796. The van der Waals surface area contributed by atoms with Crippen molar-refractivity contribution in [3.05, 3.63) is 23.8 Å². The van der Waals surface area contributed by atoms with E-state index < -0.39 is 0 Å². The number of hydrogen-bond acceptors (Lipinski definition) is 3. The Bertz CT molecular complexity index is 340. The summed E-state index contributed by atoms with van der Waals surface area (Å²) >= 11 is 0. The van der Waals surface area contributed by atoms with Crippen LogP contribution in [0.2, 0.25) is 0 Å². The van der Waals surface area contributed by atoms with Crippen LogP contribution in [0.25, 0.3) is 0 Å². The second-order valence-electron chi connectivity index (χ2n) is 4.69. The summed E-state index contributed by atoms with van der Waals surface area (Å²) in [5, 5.41) is 3.44. The lowest BCUT2D eigenvalue weighted by molar-refractivity contribution is 0.453. The van der Waals surface area contributed by atoms with Gasteiger partial charge in [0.25, 0.3) is 0 Å². The van der Waals surface area contributed by atoms with Gasteiger partial charge in [-0.25, -0.2) is 9.97 Å². The zero-order chi connectivity index (χ0) is 10.1. The Balaban J connectivity index is 1.80. The third-order valence-electron chi connectivity index (χ3n) is 3.42. The molecule has 0 spiro atoms. The Hall–Kier alpha value is -0.960. The molecular formula is C12H17N3. The minimum absolute atomic E-state index is 0.610. The van der Waals surface area contributed by atoms with E-state index in [9.17, 15) is 0 Å². The molecule has 0 amide bonds. The maximum Gasteiger partial charge on any atom is 0.115 e. The standard InChI is InChI=1S/C12H17N3/c1-2-10(7-13-5-1)12-6-11(9-3-4-9)14-8-15-12/h6,8-10,13H,1-5,7H2. The van der Waals surface area contributed by atoms with Crippen molar-refractivity contribution in [2.75, 3.05) is 13.1 Å². The van der Waals surface area contributed by atoms with Crippen LogP contribution in [0.15, 0.2) is 12.4 Å². The first-order chi connectivity index (χ1) is 7.43. The lowest BCUT2D eigenvalue weighted by Crippen LogP contribution is -2.28. The van der Waals surface area contributed by atoms with Crippen LogP contribution in [-0.2, 0) is 0 Å². The van der Waals surface area contributed by atoms with Gasteiger partial charge in [0.2, 0.25) is 0 Å². The van der Waals surface area contributed by atoms with Gasteiger partial charge >= 0.3 is 0 Å². The number of hydrogen-bond donors (Lipinski definition) is 1. The molecule has 2 aliphatic rings. The van der Waals surface area contributed by atoms with Crippen molar-refractivity contribution in [1.82, 2.24) is 15.3 Å². The fraction of sp³-hybridized carbons (Fsp3) is 0.667. The first kappa shape index (κ1) is 9.28. The van der Waals surface area contributed by atoms with E-state index in [1.165, 1.54) is 37.1 Å². The van der Waals surface area contributed by atoms with E-state index in [-0.39, 0.29) is 0 Å². The first-order valence-electron chi connectivity index (χ1n) is 5.96. The van der Waals surface area contributed by atoms with E-state index in [0.717, 1.165) is 19.0 Å². The molecule has 3 nitrogen and oxygen atoms in total. The van der Waals surface area contributed by atoms with Crippen molar-refractivity contribution in [2.24, 2.45) is 0 Å². The predicted octanol–water partition coefficient (Wildman–Crippen LogP) is 1.82. The minimum atomic E-state index is 0.610. The lowest BCUT2D eigenvalue weighted by atomic mass is 9.95. The number of nitrogens with one attached hydrogen (secondary N) is 1. The molecule has 1 aromatic heterocycles. The second-order valence-corrected chi connectivity index (χ2v) is 4.69. The second kappa shape index (κ2) is 3.89. The van der Waals surface area contributed by atoms with Crippen LogP contribution in [0.3, 0.4) is 0 Å². The number of piperidine rings is 1. The van der Waals surface area contributed by atoms with Crippen molar-refractivity contribution >= 4 is 0 Å². The molecule has 1 aliphatic carbocycles. The molecule has 0 bridgehead atoms. The van der Waals surface area contributed by atoms with Gasteiger partial charge < -0.3 is 5.32 Å². The largest absolute Gasteiger partial charge is 0.316 e. The Morgan fingerprint density at radius 2 is 1.87 bits per heavy atom. The first-order valence-corrected chi connectivity index (χ1v) is 5.96. The van der Waals surface area contributed by atoms with Gasteiger partial charge in [-0.15, -0.1) is 0 Å². The van der Waals surface area contributed by atoms with E-state index in [2.05, 4.69) is 21.4 Å². The van der Waals surface area contributed by atoms with Crippen molar-refractivity contribution in [3.8, 4) is 0 Å². The average Bonchev–Trinajstić information content (AvgIpc) is 3.14. The van der Waals surface area contributed by atoms with Crippen LogP contribution >= 0.6 is 0 Å². The molecule has 15 heavy (non-hydrogen) atoms. The molecule has 1 saturated carbocycles. The van der Waals surface area contributed by atoms with Gasteiger partial charge in [0.15, 0.2) is 0 Å². The summed E-state index contributed by atoms with van der Waals surface area (Å²) in [5.41, 5.74) is 2.52. The molecule has 1 aliphatic heterocycles. The van der Waals surface area contributed by atoms with E-state index in [0.29, 0.717) is 5.92 Å². The van der Waals surface area contributed by atoms with Crippen LogP contribution in [0.4, 0.5) is 0 Å². The number of rotatable bonds is 2. The Morgan fingerprint density at radius 1 is 1.07 bits per heavy atom. The molecule has 1 N–H and O–H groups in total. The monoisotopic (exact) mass is 203 g/mol. The fourth-order valence-corrected chi connectivity index (χ4v) is 2.32. The highest BCUT2D eigenvalue weighted by atomic mass is 14.9. The highest BCUT2D eigenvalue weighted by molar-refractivity contribution is 5.20. The maximum atomic E-state index is 4.42. The van der Waals surface area contributed by atoms with Gasteiger partial charge in [-0.05, 0) is 38.3 Å². The molecular weight excluding hydrogens is 186 g/mol. The third kappa shape index (κ3) is 2.02. The topological polar surface area (TPSA) is 37.8 Å². The Morgan fingerprint density at radius 3 is 2.53 bits per heavy atom. The van der Waals surface area contributed by atoms with Gasteiger partial charge in [-0.1, -0.05) is 0 Å². The van der Waals surface area contributed by atoms with Gasteiger partial charge in [0.1, 0.15) is 6.33 Å². The van der Waals surface area contributed by atoms with Crippen molar-refractivity contribution in [2.45, 2.75) is 37.5 Å². The zero-order valence-corrected chi connectivity index (χ0v) is 8.95. The summed E-state index contributed by atoms with van der Waals surface area (Å²) in [5.74, 6) is 1.35. The van der Waals surface area contributed by atoms with Crippen LogP contribution in [0.5, 0.6) is 0 Å². The predicted molar refractivity (Wildman–Crippen MR) is 58.9 cm³/mol. The van der Waals surface area contributed by atoms with E-state index in [4.69, 9.17) is 0 Å². The zero-order valence-electron chi connectivity index (χ0n) is 8.95. The molecule has 0 aromatic carbocycles. The molecule has 1 saturated heterocycles. The molecule has 1 aromatic rings. The third-order valence-corrected chi connectivity index (χ3v) is 3.42. The molecule has 3 rings (SSSR count). The van der Waals surface area contributed by atoms with E-state index in [1.807, 2.05) is 0 Å². The molecule has 0 radical (unpaired) electrons. The summed E-state index contributed by atoms with van der Waals surface area (Å²) in [6, 6.07) is 2.23. The molecule has 1 atom stereocenters. The highest BCUT2D eigenvalue weighted by Crippen LogP contribution is 2.39. The summed E-state index contributed by atoms with van der Waals surface area (Å²) in [6.45, 7) is 2.25. The summed E-state index contributed by atoms with van der Waals surface area (Å²) in [6.07, 6.45) is 6.93. The van der Waals surface area contributed by atoms with Gasteiger partial charge in [-0.3, -0.25) is 0 Å². The van der Waals surface area contributed by atoms with Crippen molar-refractivity contribution < 1.29 is 0 Å². The van der Waals surface area contributed by atoms with Gasteiger partial charge in [-0.2, -0.15) is 0 Å². The summed E-state index contributed by atoms with van der Waals surface area (Å²) in [4.78, 5) is 8.79. The summed E-state index contributed by atoms with van der Waals surface area (Å²) in [7, 11) is 0. The van der Waals surface area contributed by atoms with Gasteiger partial charge in [0, 0.05) is 29.8 Å². The molecule has 80 valence electrons. The summed E-state index contributed by atoms with van der Waals surface area (Å²) < 4.78 is 0. The average molecular weight is 203 g/mol. The minimum Gasteiger partial charge on any atom is -0.316 e.